The zero-order valence-electron chi connectivity index (χ0n) is 17.5. The van der Waals surface area contributed by atoms with Crippen LogP contribution < -0.4 is 0 Å². The van der Waals surface area contributed by atoms with Gasteiger partial charge in [0.25, 0.3) is 0 Å². The second-order valence-corrected chi connectivity index (χ2v) is 9.95. The number of carboxylic acid groups (broad SMARTS) is 2. The SMILES string of the molecule is CN(C)CCCSC1Cc2cc(Cl)ccc2Sc2ccccc21.O=C(O)/C=C/C(=O)O. The third-order valence-electron chi connectivity index (χ3n) is 4.35. The Bertz CT molecular complexity index is 918. The molecule has 0 spiro atoms. The van der Waals surface area contributed by atoms with Crippen molar-refractivity contribution in [3.8, 4) is 0 Å². The van der Waals surface area contributed by atoms with Gasteiger partial charge in [0, 0.05) is 32.2 Å². The van der Waals surface area contributed by atoms with Crippen LogP contribution in [-0.2, 0) is 16.0 Å². The molecule has 0 fully saturated rings. The Hall–Kier alpha value is -1.93. The Morgan fingerprint density at radius 3 is 2.45 bits per heavy atom. The summed E-state index contributed by atoms with van der Waals surface area (Å²) in [5.74, 6) is -1.32. The first kappa shape index (κ1) is 25.3. The first-order valence-electron chi connectivity index (χ1n) is 9.71. The number of carboxylic acids is 2. The zero-order valence-corrected chi connectivity index (χ0v) is 19.8. The summed E-state index contributed by atoms with van der Waals surface area (Å²) >= 11 is 10.2. The van der Waals surface area contributed by atoms with Crippen LogP contribution >= 0.6 is 35.1 Å². The minimum atomic E-state index is -1.26. The number of hydrogen-bond acceptors (Lipinski definition) is 5. The van der Waals surface area contributed by atoms with Crippen LogP contribution in [0.5, 0.6) is 0 Å². The van der Waals surface area contributed by atoms with Crippen LogP contribution in [0.4, 0.5) is 0 Å². The molecule has 2 N–H and O–H groups in total. The Labute approximate surface area is 196 Å². The highest BCUT2D eigenvalue weighted by Gasteiger charge is 2.22. The summed E-state index contributed by atoms with van der Waals surface area (Å²) in [5.41, 5.74) is 2.85. The van der Waals surface area contributed by atoms with Crippen molar-refractivity contribution in [2.45, 2.75) is 27.9 Å². The van der Waals surface area contributed by atoms with E-state index in [1.807, 2.05) is 17.8 Å². The number of benzene rings is 2. The van der Waals surface area contributed by atoms with Crippen LogP contribution in [0.25, 0.3) is 0 Å². The molecular formula is C23H26ClNO4S2. The molecule has 0 saturated carbocycles. The predicted octanol–water partition coefficient (Wildman–Crippen LogP) is 5.49. The number of carbonyl (C=O) groups is 2. The highest BCUT2D eigenvalue weighted by molar-refractivity contribution is 8.00. The Balaban J connectivity index is 0.000000366. The van der Waals surface area contributed by atoms with Crippen LogP contribution in [0.2, 0.25) is 5.02 Å². The van der Waals surface area contributed by atoms with Crippen LogP contribution in [0, 0.1) is 0 Å². The normalized spacial score (nSPS) is 14.9. The van der Waals surface area contributed by atoms with Gasteiger partial charge in [-0.25, -0.2) is 9.59 Å². The molecule has 1 aliphatic rings. The maximum Gasteiger partial charge on any atom is 0.328 e. The molecule has 2 aromatic rings. The van der Waals surface area contributed by atoms with Gasteiger partial charge in [0.15, 0.2) is 0 Å². The fourth-order valence-corrected chi connectivity index (χ4v) is 5.63. The van der Waals surface area contributed by atoms with Crippen LogP contribution in [0.15, 0.2) is 64.4 Å². The van der Waals surface area contributed by atoms with Gasteiger partial charge in [-0.1, -0.05) is 41.6 Å². The van der Waals surface area contributed by atoms with Gasteiger partial charge in [-0.2, -0.15) is 11.8 Å². The van der Waals surface area contributed by atoms with Gasteiger partial charge in [0.2, 0.25) is 0 Å². The molecule has 0 saturated heterocycles. The van der Waals surface area contributed by atoms with Crippen LogP contribution in [-0.4, -0.2) is 53.4 Å². The molecule has 3 rings (SSSR count). The average Bonchev–Trinajstić information content (AvgIpc) is 2.86. The molecule has 1 aliphatic heterocycles. The molecule has 1 unspecified atom stereocenters. The van der Waals surface area contributed by atoms with Gasteiger partial charge in [0.1, 0.15) is 0 Å². The molecule has 2 aromatic carbocycles. The number of nitrogens with zero attached hydrogens (tertiary/aromatic N) is 1. The van der Waals surface area contributed by atoms with Crippen LogP contribution in [0.3, 0.4) is 0 Å². The second-order valence-electron chi connectivity index (χ2n) is 7.12. The maximum atomic E-state index is 9.55. The summed E-state index contributed by atoms with van der Waals surface area (Å²) in [7, 11) is 4.28. The van der Waals surface area contributed by atoms with E-state index in [1.54, 1.807) is 0 Å². The number of aliphatic carboxylic acids is 2. The van der Waals surface area contributed by atoms with Gasteiger partial charge < -0.3 is 15.1 Å². The number of halogens is 1. The Kier molecular flexibility index (Phi) is 10.5. The smallest absolute Gasteiger partial charge is 0.328 e. The van der Waals surface area contributed by atoms with E-state index in [4.69, 9.17) is 21.8 Å². The van der Waals surface area contributed by atoms with E-state index in [2.05, 4.69) is 67.2 Å². The summed E-state index contributed by atoms with van der Waals surface area (Å²) in [6, 6.07) is 15.1. The molecule has 8 heteroatoms. The van der Waals surface area contributed by atoms with Gasteiger partial charge in [0.05, 0.1) is 0 Å². The molecule has 0 aliphatic carbocycles. The molecule has 31 heavy (non-hydrogen) atoms. The molecule has 166 valence electrons. The van der Waals surface area contributed by atoms with E-state index < -0.39 is 11.9 Å². The van der Waals surface area contributed by atoms with Crippen molar-refractivity contribution in [2.75, 3.05) is 26.4 Å². The quantitative estimate of drug-likeness (QED) is 0.401. The third kappa shape index (κ3) is 8.99. The van der Waals surface area contributed by atoms with E-state index in [0.29, 0.717) is 17.4 Å². The molecule has 0 amide bonds. The molecule has 0 bridgehead atoms. The van der Waals surface area contributed by atoms with E-state index in [-0.39, 0.29) is 0 Å². The summed E-state index contributed by atoms with van der Waals surface area (Å²) in [6.07, 6.45) is 3.41. The zero-order chi connectivity index (χ0) is 22.8. The fraction of sp³-hybridized carbons (Fsp3) is 0.304. The van der Waals surface area contributed by atoms with Crippen molar-refractivity contribution in [1.82, 2.24) is 4.90 Å². The topological polar surface area (TPSA) is 77.8 Å². The minimum absolute atomic E-state index is 0.514. The number of fused-ring (bicyclic) bond motifs is 2. The lowest BCUT2D eigenvalue weighted by Crippen LogP contribution is -2.13. The van der Waals surface area contributed by atoms with E-state index in [0.717, 1.165) is 18.0 Å². The predicted molar refractivity (Wildman–Crippen MR) is 129 cm³/mol. The van der Waals surface area contributed by atoms with Crippen molar-refractivity contribution in [1.29, 1.82) is 0 Å². The second kappa shape index (κ2) is 12.8. The van der Waals surface area contributed by atoms with Gasteiger partial charge in [-0.3, -0.25) is 0 Å². The van der Waals surface area contributed by atoms with Crippen molar-refractivity contribution in [3.63, 3.8) is 0 Å². The van der Waals surface area contributed by atoms with E-state index in [1.165, 1.54) is 33.1 Å². The largest absolute Gasteiger partial charge is 0.478 e. The van der Waals surface area contributed by atoms with E-state index >= 15 is 0 Å². The van der Waals surface area contributed by atoms with Crippen LogP contribution in [0.1, 0.15) is 22.8 Å². The van der Waals surface area contributed by atoms with Crippen molar-refractivity contribution in [3.05, 3.63) is 70.8 Å². The lowest BCUT2D eigenvalue weighted by atomic mass is 10.0. The summed E-state index contributed by atoms with van der Waals surface area (Å²) in [6.45, 7) is 1.15. The molecular weight excluding hydrogens is 454 g/mol. The van der Waals surface area contributed by atoms with Crippen molar-refractivity contribution >= 4 is 47.1 Å². The van der Waals surface area contributed by atoms with Crippen molar-refractivity contribution < 1.29 is 19.8 Å². The molecule has 0 aromatic heterocycles. The van der Waals surface area contributed by atoms with Crippen molar-refractivity contribution in [2.24, 2.45) is 0 Å². The monoisotopic (exact) mass is 479 g/mol. The molecule has 0 radical (unpaired) electrons. The average molecular weight is 480 g/mol. The molecule has 1 heterocycles. The first-order chi connectivity index (χ1) is 14.8. The first-order valence-corrected chi connectivity index (χ1v) is 12.0. The Morgan fingerprint density at radius 1 is 1.13 bits per heavy atom. The highest BCUT2D eigenvalue weighted by Crippen LogP contribution is 2.46. The number of hydrogen-bond donors (Lipinski definition) is 2. The summed E-state index contributed by atoms with van der Waals surface area (Å²) in [4.78, 5) is 24.1. The standard InChI is InChI=1S/C19H22ClNS2.C4H4O4/c1-21(2)10-5-11-22-19-13-14-12-15(20)8-9-17(14)23-18-7-4-3-6-16(18)19;5-3(6)1-2-4(7)8/h3-4,6-9,12,19H,5,10-11,13H2,1-2H3;1-2H,(H,5,6)(H,7,8)/b;2-1+. The highest BCUT2D eigenvalue weighted by atomic mass is 35.5. The number of thioether (sulfide) groups is 1. The van der Waals surface area contributed by atoms with Gasteiger partial charge in [-0.05, 0) is 74.6 Å². The number of rotatable bonds is 7. The van der Waals surface area contributed by atoms with E-state index in [9.17, 15) is 9.59 Å². The minimum Gasteiger partial charge on any atom is -0.478 e. The molecule has 1 atom stereocenters. The lowest BCUT2D eigenvalue weighted by molar-refractivity contribution is -0.134. The lowest BCUT2D eigenvalue weighted by Gasteiger charge is -2.18. The third-order valence-corrected chi connectivity index (χ3v) is 7.14. The fourth-order valence-electron chi connectivity index (χ4n) is 2.97. The summed E-state index contributed by atoms with van der Waals surface area (Å²) < 4.78 is 0. The van der Waals surface area contributed by atoms with Gasteiger partial charge in [-0.15, -0.1) is 0 Å². The summed E-state index contributed by atoms with van der Waals surface area (Å²) in [5, 5.41) is 17.0. The maximum absolute atomic E-state index is 9.55. The molecule has 5 nitrogen and oxygen atoms in total. The van der Waals surface area contributed by atoms with Gasteiger partial charge >= 0.3 is 11.9 Å². The Morgan fingerprint density at radius 2 is 1.81 bits per heavy atom.